The summed E-state index contributed by atoms with van der Waals surface area (Å²) in [7, 11) is 0. The fraction of sp³-hybridized carbons (Fsp3) is 0.231. The maximum absolute atomic E-state index is 12.6. The summed E-state index contributed by atoms with van der Waals surface area (Å²) in [6.07, 6.45) is 3.96. The van der Waals surface area contributed by atoms with Crippen molar-refractivity contribution < 1.29 is 14.3 Å². The smallest absolute Gasteiger partial charge is 0.338 e. The molecule has 0 bridgehead atoms. The number of rotatable bonds is 9. The van der Waals surface area contributed by atoms with Gasteiger partial charge in [0.1, 0.15) is 0 Å². The molecule has 0 heterocycles. The van der Waals surface area contributed by atoms with E-state index >= 15 is 0 Å². The number of carbonyl (C=O) groups is 2. The van der Waals surface area contributed by atoms with Crippen LogP contribution in [0.15, 0.2) is 78.9 Å². The van der Waals surface area contributed by atoms with Gasteiger partial charge in [0.15, 0.2) is 6.61 Å². The van der Waals surface area contributed by atoms with Gasteiger partial charge in [-0.05, 0) is 54.2 Å². The molecule has 0 aliphatic rings. The van der Waals surface area contributed by atoms with Gasteiger partial charge in [-0.2, -0.15) is 0 Å². The van der Waals surface area contributed by atoms with Gasteiger partial charge in [-0.25, -0.2) is 4.79 Å². The van der Waals surface area contributed by atoms with Crippen molar-refractivity contribution in [3.63, 3.8) is 0 Å². The Labute approximate surface area is 177 Å². The number of ether oxygens (including phenoxy) is 1. The van der Waals surface area contributed by atoms with E-state index in [1.807, 2.05) is 66.7 Å². The van der Waals surface area contributed by atoms with E-state index in [-0.39, 0.29) is 12.5 Å². The summed E-state index contributed by atoms with van der Waals surface area (Å²) >= 11 is 0. The van der Waals surface area contributed by atoms with E-state index in [2.05, 4.69) is 12.2 Å². The quantitative estimate of drug-likeness (QED) is 0.487. The Bertz CT molecular complexity index is 965. The van der Waals surface area contributed by atoms with Gasteiger partial charge < -0.3 is 10.1 Å². The topological polar surface area (TPSA) is 55.4 Å². The van der Waals surface area contributed by atoms with Crippen LogP contribution < -0.4 is 5.32 Å². The lowest BCUT2D eigenvalue weighted by molar-refractivity contribution is -0.119. The van der Waals surface area contributed by atoms with E-state index < -0.39 is 5.97 Å². The third kappa shape index (κ3) is 6.31. The van der Waals surface area contributed by atoms with E-state index in [0.29, 0.717) is 17.7 Å². The SMILES string of the molecule is CCCCc1ccc(NC(=O)COC(=O)c2ccccc2Cc2ccccc2)cc1. The molecule has 0 aromatic heterocycles. The van der Waals surface area contributed by atoms with Crippen LogP contribution >= 0.6 is 0 Å². The predicted molar refractivity (Wildman–Crippen MR) is 120 cm³/mol. The van der Waals surface area contributed by atoms with E-state index in [4.69, 9.17) is 4.74 Å². The maximum Gasteiger partial charge on any atom is 0.338 e. The van der Waals surface area contributed by atoms with Crippen molar-refractivity contribution in [3.8, 4) is 0 Å². The van der Waals surface area contributed by atoms with Crippen LogP contribution in [-0.4, -0.2) is 18.5 Å². The molecule has 0 atom stereocenters. The highest BCUT2D eigenvalue weighted by atomic mass is 16.5. The molecule has 154 valence electrons. The summed E-state index contributed by atoms with van der Waals surface area (Å²) in [4.78, 5) is 24.7. The van der Waals surface area contributed by atoms with Crippen molar-refractivity contribution in [2.45, 2.75) is 32.6 Å². The number of hydrogen-bond donors (Lipinski definition) is 1. The molecule has 1 amide bonds. The van der Waals surface area contributed by atoms with Gasteiger partial charge >= 0.3 is 5.97 Å². The fourth-order valence-corrected chi connectivity index (χ4v) is 3.23. The van der Waals surface area contributed by atoms with Crippen LogP contribution in [-0.2, 0) is 22.4 Å². The standard InChI is InChI=1S/C26H27NO3/c1-2-3-9-20-14-16-23(17-15-20)27-25(28)19-30-26(29)24-13-8-7-12-22(24)18-21-10-5-4-6-11-21/h4-8,10-17H,2-3,9,18-19H2,1H3,(H,27,28). The average molecular weight is 402 g/mol. The first-order valence-corrected chi connectivity index (χ1v) is 10.3. The number of carbonyl (C=O) groups excluding carboxylic acids is 2. The number of esters is 1. The van der Waals surface area contributed by atoms with Crippen molar-refractivity contribution in [3.05, 3.63) is 101 Å². The summed E-state index contributed by atoms with van der Waals surface area (Å²) in [6, 6.07) is 25.0. The molecule has 0 spiro atoms. The molecule has 30 heavy (non-hydrogen) atoms. The molecular weight excluding hydrogens is 374 g/mol. The number of nitrogens with one attached hydrogen (secondary N) is 1. The summed E-state index contributed by atoms with van der Waals surface area (Å²) < 4.78 is 5.27. The molecule has 3 aromatic carbocycles. The Kier molecular flexibility index (Phi) is 7.78. The Morgan fingerprint density at radius 1 is 0.833 bits per heavy atom. The minimum atomic E-state index is -0.494. The number of hydrogen-bond acceptors (Lipinski definition) is 3. The molecule has 0 fully saturated rings. The van der Waals surface area contributed by atoms with Crippen LogP contribution in [0, 0.1) is 0 Å². The van der Waals surface area contributed by atoms with Crippen LogP contribution in [0.2, 0.25) is 0 Å². The van der Waals surface area contributed by atoms with E-state index in [1.54, 1.807) is 12.1 Å². The molecule has 3 aromatic rings. The molecule has 3 rings (SSSR count). The number of unbranched alkanes of at least 4 members (excludes halogenated alkanes) is 1. The Balaban J connectivity index is 1.54. The van der Waals surface area contributed by atoms with Crippen molar-refractivity contribution >= 4 is 17.6 Å². The summed E-state index contributed by atoms with van der Waals surface area (Å²) in [6.45, 7) is 1.84. The third-order valence-corrected chi connectivity index (χ3v) is 4.87. The highest BCUT2D eigenvalue weighted by Gasteiger charge is 2.14. The van der Waals surface area contributed by atoms with Crippen molar-refractivity contribution in [2.24, 2.45) is 0 Å². The molecule has 4 heteroatoms. The lowest BCUT2D eigenvalue weighted by Gasteiger charge is -2.10. The monoisotopic (exact) mass is 401 g/mol. The first-order chi connectivity index (χ1) is 14.7. The van der Waals surface area contributed by atoms with E-state index in [0.717, 1.165) is 30.4 Å². The molecule has 1 N–H and O–H groups in total. The molecule has 0 radical (unpaired) electrons. The average Bonchev–Trinajstić information content (AvgIpc) is 2.78. The zero-order valence-electron chi connectivity index (χ0n) is 17.3. The van der Waals surface area contributed by atoms with Gasteiger partial charge in [0.05, 0.1) is 5.56 Å². The van der Waals surface area contributed by atoms with E-state index in [9.17, 15) is 9.59 Å². The second-order valence-corrected chi connectivity index (χ2v) is 7.24. The fourth-order valence-electron chi connectivity index (χ4n) is 3.23. The summed E-state index contributed by atoms with van der Waals surface area (Å²) in [5.41, 5.74) is 4.40. The second kappa shape index (κ2) is 11.0. The van der Waals surface area contributed by atoms with Gasteiger partial charge in [-0.3, -0.25) is 4.79 Å². The van der Waals surface area contributed by atoms with Crippen LogP contribution in [0.25, 0.3) is 0 Å². The predicted octanol–water partition coefficient (Wildman–Crippen LogP) is 5.42. The highest BCUT2D eigenvalue weighted by Crippen LogP contribution is 2.16. The first-order valence-electron chi connectivity index (χ1n) is 10.3. The van der Waals surface area contributed by atoms with Gasteiger partial charge in [-0.15, -0.1) is 0 Å². The molecule has 0 unspecified atom stereocenters. The van der Waals surface area contributed by atoms with Crippen LogP contribution in [0.5, 0.6) is 0 Å². The van der Waals surface area contributed by atoms with E-state index in [1.165, 1.54) is 5.56 Å². The van der Waals surface area contributed by atoms with Gasteiger partial charge in [0.2, 0.25) is 0 Å². The van der Waals surface area contributed by atoms with Gasteiger partial charge in [0, 0.05) is 5.69 Å². The lowest BCUT2D eigenvalue weighted by Crippen LogP contribution is -2.21. The van der Waals surface area contributed by atoms with Crippen LogP contribution in [0.1, 0.15) is 46.8 Å². The molecule has 0 aliphatic carbocycles. The molecule has 0 saturated carbocycles. The van der Waals surface area contributed by atoms with Gasteiger partial charge in [0.25, 0.3) is 5.91 Å². The minimum Gasteiger partial charge on any atom is -0.452 e. The molecular formula is C26H27NO3. The lowest BCUT2D eigenvalue weighted by atomic mass is 10.00. The van der Waals surface area contributed by atoms with Crippen molar-refractivity contribution in [2.75, 3.05) is 11.9 Å². The number of benzene rings is 3. The second-order valence-electron chi connectivity index (χ2n) is 7.24. The third-order valence-electron chi connectivity index (χ3n) is 4.87. The van der Waals surface area contributed by atoms with Crippen LogP contribution in [0.4, 0.5) is 5.69 Å². The first kappa shape index (κ1) is 21.3. The van der Waals surface area contributed by atoms with Crippen LogP contribution in [0.3, 0.4) is 0 Å². The van der Waals surface area contributed by atoms with Crippen molar-refractivity contribution in [1.29, 1.82) is 0 Å². The number of amides is 1. The molecule has 4 nitrogen and oxygen atoms in total. The molecule has 0 saturated heterocycles. The maximum atomic E-state index is 12.6. The Hall–Kier alpha value is -3.40. The Morgan fingerprint density at radius 2 is 1.53 bits per heavy atom. The zero-order chi connectivity index (χ0) is 21.2. The highest BCUT2D eigenvalue weighted by molar-refractivity contribution is 5.96. The summed E-state index contributed by atoms with van der Waals surface area (Å²) in [5, 5.41) is 2.77. The minimum absolute atomic E-state index is 0.323. The largest absolute Gasteiger partial charge is 0.452 e. The van der Waals surface area contributed by atoms with Crippen molar-refractivity contribution in [1.82, 2.24) is 0 Å². The van der Waals surface area contributed by atoms with Gasteiger partial charge in [-0.1, -0.05) is 74.0 Å². The Morgan fingerprint density at radius 3 is 2.27 bits per heavy atom. The number of anilines is 1. The number of aryl methyl sites for hydroxylation is 1. The molecule has 0 aliphatic heterocycles. The normalized spacial score (nSPS) is 10.4. The summed E-state index contributed by atoms with van der Waals surface area (Å²) in [5.74, 6) is -0.850. The zero-order valence-corrected chi connectivity index (χ0v) is 17.3.